The van der Waals surface area contributed by atoms with Gasteiger partial charge in [0, 0.05) is 6.54 Å². The minimum Gasteiger partial charge on any atom is -0.491 e. The molecule has 0 atom stereocenters. The molecule has 1 aromatic carbocycles. The summed E-state index contributed by atoms with van der Waals surface area (Å²) < 4.78 is 5.51. The number of rotatable bonds is 7. The molecule has 0 spiro atoms. The minimum atomic E-state index is -0.955. The number of likely N-dealkylation sites (N-methyl/N-ethyl adjacent to an activating group) is 1. The van der Waals surface area contributed by atoms with E-state index < -0.39 is 5.97 Å². The van der Waals surface area contributed by atoms with E-state index in [9.17, 15) is 4.79 Å². The summed E-state index contributed by atoms with van der Waals surface area (Å²) in [7, 11) is 0. The van der Waals surface area contributed by atoms with Gasteiger partial charge in [-0.2, -0.15) is 0 Å². The quantitative estimate of drug-likeness (QED) is 0.829. The van der Waals surface area contributed by atoms with Crippen molar-refractivity contribution in [2.45, 2.75) is 13.8 Å². The van der Waals surface area contributed by atoms with Gasteiger partial charge in [0.25, 0.3) is 0 Å². The monoisotopic (exact) mass is 273 g/mol. The Morgan fingerprint density at radius 2 is 1.89 bits per heavy atom. The van der Waals surface area contributed by atoms with Crippen molar-refractivity contribution in [2.24, 2.45) is 0 Å². The molecule has 0 aliphatic rings. The largest absolute Gasteiger partial charge is 0.491 e. The van der Waals surface area contributed by atoms with Crippen LogP contribution in [0.4, 0.5) is 0 Å². The smallest absolute Gasteiger partial charge is 0.339 e. The van der Waals surface area contributed by atoms with Crippen LogP contribution >= 0.6 is 12.4 Å². The molecule has 0 aromatic heterocycles. The van der Waals surface area contributed by atoms with Crippen molar-refractivity contribution < 1.29 is 14.6 Å². The van der Waals surface area contributed by atoms with Crippen LogP contribution in [-0.2, 0) is 0 Å². The van der Waals surface area contributed by atoms with Crippen LogP contribution in [0, 0.1) is 0 Å². The molecule has 0 aliphatic heterocycles. The molecule has 0 fully saturated rings. The highest BCUT2D eigenvalue weighted by molar-refractivity contribution is 5.90. The third kappa shape index (κ3) is 4.94. The highest BCUT2D eigenvalue weighted by Crippen LogP contribution is 2.17. The molecule has 0 aliphatic carbocycles. The lowest BCUT2D eigenvalue weighted by molar-refractivity contribution is 0.0691. The van der Waals surface area contributed by atoms with Crippen LogP contribution in [0.25, 0.3) is 0 Å². The zero-order chi connectivity index (χ0) is 12.7. The molecule has 0 saturated heterocycles. The van der Waals surface area contributed by atoms with Gasteiger partial charge in [-0.15, -0.1) is 12.4 Å². The Labute approximate surface area is 114 Å². The Morgan fingerprint density at radius 3 is 2.44 bits per heavy atom. The summed E-state index contributed by atoms with van der Waals surface area (Å²) in [6, 6.07) is 6.71. The fraction of sp³-hybridized carbons (Fsp3) is 0.462. The first kappa shape index (κ1) is 16.7. The number of nitrogens with zero attached hydrogens (tertiary/aromatic N) is 1. The minimum absolute atomic E-state index is 0. The molecular weight excluding hydrogens is 254 g/mol. The number of hydrogen-bond acceptors (Lipinski definition) is 3. The van der Waals surface area contributed by atoms with Gasteiger partial charge in [0.15, 0.2) is 0 Å². The SMILES string of the molecule is CCN(CC)CCOc1ccccc1C(=O)O.Cl. The van der Waals surface area contributed by atoms with Crippen molar-refractivity contribution in [3.05, 3.63) is 29.8 Å². The molecule has 4 nitrogen and oxygen atoms in total. The van der Waals surface area contributed by atoms with E-state index in [0.29, 0.717) is 12.4 Å². The molecule has 1 aromatic rings. The second-order valence-electron chi connectivity index (χ2n) is 3.68. The fourth-order valence-electron chi connectivity index (χ4n) is 1.59. The van der Waals surface area contributed by atoms with Crippen LogP contribution in [0.1, 0.15) is 24.2 Å². The molecule has 1 rings (SSSR count). The standard InChI is InChI=1S/C13H19NO3.ClH/c1-3-14(4-2)9-10-17-12-8-6-5-7-11(12)13(15)16;/h5-8H,3-4,9-10H2,1-2H3,(H,15,16);1H. The number of carboxylic acid groups (broad SMARTS) is 1. The van der Waals surface area contributed by atoms with E-state index in [2.05, 4.69) is 18.7 Å². The van der Waals surface area contributed by atoms with E-state index in [1.807, 2.05) is 0 Å². The lowest BCUT2D eigenvalue weighted by Crippen LogP contribution is -2.28. The summed E-state index contributed by atoms with van der Waals surface area (Å²) in [6.45, 7) is 7.44. The Balaban J connectivity index is 0.00000289. The highest BCUT2D eigenvalue weighted by Gasteiger charge is 2.10. The number of hydrogen-bond donors (Lipinski definition) is 1. The third-order valence-electron chi connectivity index (χ3n) is 2.68. The third-order valence-corrected chi connectivity index (χ3v) is 2.68. The predicted molar refractivity (Wildman–Crippen MR) is 73.9 cm³/mol. The molecular formula is C13H20ClNO3. The molecule has 18 heavy (non-hydrogen) atoms. The van der Waals surface area contributed by atoms with Gasteiger partial charge in [-0.25, -0.2) is 4.79 Å². The van der Waals surface area contributed by atoms with Crippen molar-refractivity contribution in [1.82, 2.24) is 4.90 Å². The number of para-hydroxylation sites is 1. The van der Waals surface area contributed by atoms with E-state index in [0.717, 1.165) is 19.6 Å². The first-order chi connectivity index (χ1) is 8.19. The Kier molecular flexibility index (Phi) is 8.16. The molecule has 102 valence electrons. The van der Waals surface area contributed by atoms with Gasteiger partial charge in [0.2, 0.25) is 0 Å². The van der Waals surface area contributed by atoms with Crippen LogP contribution in [0.15, 0.2) is 24.3 Å². The average Bonchev–Trinajstić information content (AvgIpc) is 2.35. The number of aromatic carboxylic acids is 1. The normalized spacial score (nSPS) is 9.94. The van der Waals surface area contributed by atoms with Gasteiger partial charge < -0.3 is 14.7 Å². The van der Waals surface area contributed by atoms with Crippen LogP contribution in [-0.4, -0.2) is 42.2 Å². The molecule has 1 N–H and O–H groups in total. The number of carbonyl (C=O) groups is 1. The van der Waals surface area contributed by atoms with Gasteiger partial charge in [-0.1, -0.05) is 26.0 Å². The molecule has 0 amide bonds. The lowest BCUT2D eigenvalue weighted by Gasteiger charge is -2.18. The summed E-state index contributed by atoms with van der Waals surface area (Å²) in [6.07, 6.45) is 0. The summed E-state index contributed by atoms with van der Waals surface area (Å²) in [5.74, 6) is -0.518. The first-order valence-corrected chi connectivity index (χ1v) is 5.86. The number of halogens is 1. The summed E-state index contributed by atoms with van der Waals surface area (Å²) in [4.78, 5) is 13.2. The van der Waals surface area contributed by atoms with Crippen LogP contribution in [0.5, 0.6) is 5.75 Å². The van der Waals surface area contributed by atoms with Crippen molar-refractivity contribution in [3.8, 4) is 5.75 Å². The Bertz CT molecular complexity index is 367. The van der Waals surface area contributed by atoms with Crippen molar-refractivity contribution in [2.75, 3.05) is 26.2 Å². The zero-order valence-electron chi connectivity index (χ0n) is 10.8. The van der Waals surface area contributed by atoms with E-state index in [-0.39, 0.29) is 18.0 Å². The van der Waals surface area contributed by atoms with Gasteiger partial charge >= 0.3 is 5.97 Å². The Hall–Kier alpha value is -1.26. The Morgan fingerprint density at radius 1 is 1.28 bits per heavy atom. The summed E-state index contributed by atoms with van der Waals surface area (Å²) in [5, 5.41) is 8.98. The van der Waals surface area contributed by atoms with E-state index in [4.69, 9.17) is 9.84 Å². The lowest BCUT2D eigenvalue weighted by atomic mass is 10.2. The predicted octanol–water partition coefficient (Wildman–Crippen LogP) is 2.53. The van der Waals surface area contributed by atoms with E-state index in [1.165, 1.54) is 0 Å². The van der Waals surface area contributed by atoms with Gasteiger partial charge in [0.1, 0.15) is 17.9 Å². The maximum absolute atomic E-state index is 10.9. The van der Waals surface area contributed by atoms with Crippen molar-refractivity contribution in [1.29, 1.82) is 0 Å². The molecule has 5 heteroatoms. The van der Waals surface area contributed by atoms with E-state index in [1.54, 1.807) is 24.3 Å². The first-order valence-electron chi connectivity index (χ1n) is 5.86. The highest BCUT2D eigenvalue weighted by atomic mass is 35.5. The molecule has 0 unspecified atom stereocenters. The summed E-state index contributed by atoms with van der Waals surface area (Å²) >= 11 is 0. The number of benzene rings is 1. The second-order valence-corrected chi connectivity index (χ2v) is 3.68. The van der Waals surface area contributed by atoms with Crippen LogP contribution in [0.3, 0.4) is 0 Å². The molecule has 0 heterocycles. The van der Waals surface area contributed by atoms with Gasteiger partial charge in [-0.05, 0) is 25.2 Å². The molecule has 0 radical (unpaired) electrons. The average molecular weight is 274 g/mol. The second kappa shape index (κ2) is 8.78. The maximum Gasteiger partial charge on any atom is 0.339 e. The summed E-state index contributed by atoms with van der Waals surface area (Å²) in [5.41, 5.74) is 0.215. The van der Waals surface area contributed by atoms with Crippen molar-refractivity contribution >= 4 is 18.4 Å². The van der Waals surface area contributed by atoms with Crippen LogP contribution < -0.4 is 4.74 Å². The number of ether oxygens (including phenoxy) is 1. The van der Waals surface area contributed by atoms with Gasteiger partial charge in [0.05, 0.1) is 0 Å². The number of carboxylic acids is 1. The zero-order valence-corrected chi connectivity index (χ0v) is 11.6. The van der Waals surface area contributed by atoms with Crippen LogP contribution in [0.2, 0.25) is 0 Å². The maximum atomic E-state index is 10.9. The molecule has 0 saturated carbocycles. The van der Waals surface area contributed by atoms with E-state index >= 15 is 0 Å². The molecule has 0 bridgehead atoms. The van der Waals surface area contributed by atoms with Crippen molar-refractivity contribution in [3.63, 3.8) is 0 Å². The van der Waals surface area contributed by atoms with Gasteiger partial charge in [-0.3, -0.25) is 0 Å². The fourth-order valence-corrected chi connectivity index (χ4v) is 1.59. The topological polar surface area (TPSA) is 49.8 Å².